The number of hydrogen-bond acceptors (Lipinski definition) is 7. The highest BCUT2D eigenvalue weighted by Crippen LogP contribution is 2.50. The Morgan fingerprint density at radius 2 is 1.63 bits per heavy atom. The number of nitrogens with one attached hydrogen (secondary N) is 2. The van der Waals surface area contributed by atoms with E-state index in [-0.39, 0.29) is 11.1 Å². The van der Waals surface area contributed by atoms with Crippen LogP contribution in [0.3, 0.4) is 0 Å². The van der Waals surface area contributed by atoms with Gasteiger partial charge in [-0.05, 0) is 49.1 Å². The maximum absolute atomic E-state index is 13.5. The number of rotatable bonds is 6. The third-order valence-corrected chi connectivity index (χ3v) is 9.10. The van der Waals surface area contributed by atoms with E-state index in [1.54, 1.807) is 74.5 Å². The predicted molar refractivity (Wildman–Crippen MR) is 152 cm³/mol. The molecule has 6 rings (SSSR count). The molecule has 1 aromatic heterocycles. The minimum absolute atomic E-state index is 0.174. The van der Waals surface area contributed by atoms with Crippen LogP contribution in [0, 0.1) is 0 Å². The summed E-state index contributed by atoms with van der Waals surface area (Å²) < 4.78 is 4.73. The number of β-lactam (4-membered cyclic amide) rings is 1. The van der Waals surface area contributed by atoms with Gasteiger partial charge in [0.15, 0.2) is 0 Å². The van der Waals surface area contributed by atoms with Crippen LogP contribution in [0.5, 0.6) is 0 Å². The molecule has 1 unspecified atom stereocenters. The number of thioether (sulfide) groups is 1. The summed E-state index contributed by atoms with van der Waals surface area (Å²) in [4.78, 5) is 65.5. The Labute approximate surface area is 237 Å². The monoisotopic (exact) mass is 571 g/mol. The number of carboxylic acid groups (broad SMARTS) is 1. The van der Waals surface area contributed by atoms with Gasteiger partial charge in [0.1, 0.15) is 29.1 Å². The molecule has 0 saturated carbocycles. The van der Waals surface area contributed by atoms with E-state index in [0.29, 0.717) is 21.7 Å². The molecule has 0 bridgehead atoms. The van der Waals surface area contributed by atoms with Gasteiger partial charge < -0.3 is 25.1 Å². The van der Waals surface area contributed by atoms with Crippen molar-refractivity contribution in [2.24, 2.45) is 0 Å². The molecule has 2 aliphatic heterocycles. The highest BCUT2D eigenvalue weighted by molar-refractivity contribution is 8.01. The van der Waals surface area contributed by atoms with Crippen LogP contribution in [0.15, 0.2) is 82.0 Å². The van der Waals surface area contributed by atoms with E-state index in [1.165, 1.54) is 22.7 Å². The second kappa shape index (κ2) is 9.77. The van der Waals surface area contributed by atoms with Gasteiger partial charge in [-0.2, -0.15) is 0 Å². The Morgan fingerprint density at radius 3 is 2.34 bits per heavy atom. The van der Waals surface area contributed by atoms with Gasteiger partial charge in [0.2, 0.25) is 11.8 Å². The van der Waals surface area contributed by atoms with Crippen molar-refractivity contribution in [1.29, 1.82) is 0 Å². The van der Waals surface area contributed by atoms with Crippen LogP contribution in [0.1, 0.15) is 35.8 Å². The summed E-state index contributed by atoms with van der Waals surface area (Å²) in [6.07, 6.45) is 0. The average Bonchev–Trinajstić information content (AvgIpc) is 3.22. The molecule has 3 N–H and O–H groups in total. The number of carbonyl (C=O) groups is 4. The molecular weight excluding hydrogens is 546 g/mol. The van der Waals surface area contributed by atoms with Crippen LogP contribution >= 0.6 is 11.8 Å². The Morgan fingerprint density at radius 1 is 0.951 bits per heavy atom. The van der Waals surface area contributed by atoms with Gasteiger partial charge in [-0.1, -0.05) is 48.5 Å². The molecule has 0 radical (unpaired) electrons. The van der Waals surface area contributed by atoms with Crippen LogP contribution in [0.2, 0.25) is 0 Å². The fraction of sp³-hybridized carbons (Fsp3) is 0.233. The van der Waals surface area contributed by atoms with Crippen molar-refractivity contribution < 1.29 is 28.7 Å². The molecule has 3 amide bonds. The third-order valence-electron chi connectivity index (χ3n) is 7.53. The normalized spacial score (nSPS) is 21.7. The fourth-order valence-electron chi connectivity index (χ4n) is 5.56. The summed E-state index contributed by atoms with van der Waals surface area (Å²) in [6.45, 7) is 3.50. The van der Waals surface area contributed by atoms with Crippen molar-refractivity contribution >= 4 is 57.2 Å². The van der Waals surface area contributed by atoms with Gasteiger partial charge in [-0.25, -0.2) is 9.59 Å². The molecule has 208 valence electrons. The molecule has 10 nitrogen and oxygen atoms in total. The lowest BCUT2D eigenvalue weighted by molar-refractivity contribution is -0.161. The van der Waals surface area contributed by atoms with Crippen LogP contribution in [-0.2, 0) is 14.4 Å². The lowest BCUT2D eigenvalue weighted by atomic mass is 9.95. The van der Waals surface area contributed by atoms with E-state index < -0.39 is 57.6 Å². The van der Waals surface area contributed by atoms with Crippen molar-refractivity contribution in [3.8, 4) is 0 Å². The number of aliphatic carboxylic acids is 1. The zero-order chi connectivity index (χ0) is 29.1. The average molecular weight is 572 g/mol. The molecule has 3 aromatic carbocycles. The van der Waals surface area contributed by atoms with Gasteiger partial charge in [0.25, 0.3) is 5.91 Å². The molecule has 2 fully saturated rings. The van der Waals surface area contributed by atoms with Crippen molar-refractivity contribution in [3.63, 3.8) is 0 Å². The van der Waals surface area contributed by atoms with Crippen LogP contribution in [-0.4, -0.2) is 55.9 Å². The van der Waals surface area contributed by atoms with E-state index in [2.05, 4.69) is 10.6 Å². The summed E-state index contributed by atoms with van der Waals surface area (Å²) in [7, 11) is 0. The Bertz CT molecular complexity index is 1800. The predicted octanol–water partition coefficient (Wildman–Crippen LogP) is 3.05. The van der Waals surface area contributed by atoms with E-state index in [1.807, 2.05) is 6.07 Å². The lowest BCUT2D eigenvalue weighted by Crippen LogP contribution is -2.71. The van der Waals surface area contributed by atoms with Crippen molar-refractivity contribution in [2.45, 2.75) is 42.1 Å². The van der Waals surface area contributed by atoms with Gasteiger partial charge in [-0.15, -0.1) is 11.8 Å². The van der Waals surface area contributed by atoms with Crippen LogP contribution < -0.4 is 16.3 Å². The number of carboxylic acids is 1. The molecule has 11 heteroatoms. The number of amides is 3. The van der Waals surface area contributed by atoms with Gasteiger partial charge in [0.05, 0.1) is 5.39 Å². The zero-order valence-electron chi connectivity index (χ0n) is 22.0. The van der Waals surface area contributed by atoms with Gasteiger partial charge >= 0.3 is 11.6 Å². The van der Waals surface area contributed by atoms with E-state index >= 15 is 0 Å². The maximum atomic E-state index is 13.5. The van der Waals surface area contributed by atoms with E-state index in [9.17, 15) is 29.1 Å². The first-order chi connectivity index (χ1) is 19.6. The van der Waals surface area contributed by atoms with E-state index in [0.717, 1.165) is 0 Å². The molecule has 41 heavy (non-hydrogen) atoms. The van der Waals surface area contributed by atoms with Crippen LogP contribution in [0.25, 0.3) is 21.7 Å². The summed E-state index contributed by atoms with van der Waals surface area (Å²) in [5, 5.41) is 16.4. The first kappa shape index (κ1) is 26.6. The molecule has 4 atom stereocenters. The molecule has 2 aliphatic rings. The SMILES string of the molecule is CC1(C)S[C@@H]2[C@H](NC(=O)C(NC(=O)c3ccc4c(c3)oc(=O)c3ccccc34)c3ccccc3)C(=O)N2[C@H]1C(=O)O. The Balaban J connectivity index is 1.26. The number of fused-ring (bicyclic) bond motifs is 4. The molecule has 3 heterocycles. The molecule has 0 spiro atoms. The highest BCUT2D eigenvalue weighted by Gasteiger charge is 2.64. The quantitative estimate of drug-likeness (QED) is 0.182. The molecule has 2 saturated heterocycles. The second-order valence-electron chi connectivity index (χ2n) is 10.5. The lowest BCUT2D eigenvalue weighted by Gasteiger charge is -2.44. The summed E-state index contributed by atoms with van der Waals surface area (Å²) in [6, 6.07) is 17.2. The number of hydrogen-bond donors (Lipinski definition) is 3. The molecule has 4 aromatic rings. The number of nitrogens with zero attached hydrogens (tertiary/aromatic N) is 1. The first-order valence-corrected chi connectivity index (χ1v) is 13.8. The fourth-order valence-corrected chi connectivity index (χ4v) is 7.19. The zero-order valence-corrected chi connectivity index (χ0v) is 22.8. The van der Waals surface area contributed by atoms with Crippen molar-refractivity contribution in [3.05, 3.63) is 94.3 Å². The largest absolute Gasteiger partial charge is 0.480 e. The minimum atomic E-state index is -1.15. The van der Waals surface area contributed by atoms with E-state index in [4.69, 9.17) is 4.42 Å². The molecular formula is C30H25N3O7S. The maximum Gasteiger partial charge on any atom is 0.344 e. The van der Waals surface area contributed by atoms with Crippen molar-refractivity contribution in [2.75, 3.05) is 0 Å². The van der Waals surface area contributed by atoms with Gasteiger partial charge in [-0.3, -0.25) is 14.4 Å². The summed E-state index contributed by atoms with van der Waals surface area (Å²) >= 11 is 1.32. The second-order valence-corrected chi connectivity index (χ2v) is 12.3. The Hall–Kier alpha value is -4.64. The standard InChI is InChI=1S/C30H25N3O7S/c1-30(2)23(28(37)38)33-26(36)22(27(33)41-30)32-25(35)21(15-8-4-3-5-9-15)31-24(34)16-12-13-18-17-10-6-7-11-19(17)29(39)40-20(18)14-16/h3-14,21-23,27H,1-2H3,(H,31,34)(H,32,35)(H,37,38)/t21?,22-,23+,27-/m1/s1. The first-order valence-electron chi connectivity index (χ1n) is 12.9. The van der Waals surface area contributed by atoms with Crippen molar-refractivity contribution in [1.82, 2.24) is 15.5 Å². The highest BCUT2D eigenvalue weighted by atomic mass is 32.2. The number of benzene rings is 3. The van der Waals surface area contributed by atoms with Gasteiger partial charge in [0, 0.05) is 15.7 Å². The topological polar surface area (TPSA) is 146 Å². The number of carbonyl (C=O) groups excluding carboxylic acids is 3. The van der Waals surface area contributed by atoms with Crippen LogP contribution in [0.4, 0.5) is 0 Å². The minimum Gasteiger partial charge on any atom is -0.480 e. The Kier molecular flexibility index (Phi) is 6.33. The third kappa shape index (κ3) is 4.42. The smallest absolute Gasteiger partial charge is 0.344 e. The summed E-state index contributed by atoms with van der Waals surface area (Å²) in [5.74, 6) is -2.78. The molecule has 0 aliphatic carbocycles. The summed E-state index contributed by atoms with van der Waals surface area (Å²) in [5.41, 5.74) is 0.372.